The quantitative estimate of drug-likeness (QED) is 0.937. The van der Waals surface area contributed by atoms with Gasteiger partial charge in [0.15, 0.2) is 0 Å². The smallest absolute Gasteiger partial charge is 0.248 e. The lowest BCUT2D eigenvalue weighted by Crippen LogP contribution is -2.25. The minimum Gasteiger partial charge on any atom is -0.366 e. The van der Waals surface area contributed by atoms with Crippen molar-refractivity contribution < 1.29 is 9.59 Å². The van der Waals surface area contributed by atoms with Crippen LogP contribution >= 0.6 is 11.6 Å². The maximum absolute atomic E-state index is 12.1. The van der Waals surface area contributed by atoms with Gasteiger partial charge in [-0.3, -0.25) is 9.59 Å². The number of hydrogen-bond donors (Lipinski definition) is 1. The van der Waals surface area contributed by atoms with Gasteiger partial charge in [0.05, 0.1) is 0 Å². The van der Waals surface area contributed by atoms with E-state index in [-0.39, 0.29) is 5.91 Å². The lowest BCUT2D eigenvalue weighted by atomic mass is 10.0. The highest BCUT2D eigenvalue weighted by atomic mass is 35.5. The van der Waals surface area contributed by atoms with Gasteiger partial charge in [0.25, 0.3) is 0 Å². The van der Waals surface area contributed by atoms with Crippen LogP contribution < -0.4 is 10.6 Å². The van der Waals surface area contributed by atoms with E-state index in [1.807, 2.05) is 30.3 Å². The zero-order chi connectivity index (χ0) is 16.4. The van der Waals surface area contributed by atoms with Crippen molar-refractivity contribution in [1.29, 1.82) is 0 Å². The van der Waals surface area contributed by atoms with Gasteiger partial charge in [-0.2, -0.15) is 0 Å². The second kappa shape index (κ2) is 6.42. The zero-order valence-corrected chi connectivity index (χ0v) is 13.3. The van der Waals surface area contributed by atoms with E-state index < -0.39 is 5.91 Å². The summed E-state index contributed by atoms with van der Waals surface area (Å²) in [6.45, 7) is 0.675. The molecule has 0 bridgehead atoms. The minimum absolute atomic E-state index is 0.0870. The van der Waals surface area contributed by atoms with Crippen LogP contribution in [0.4, 0.5) is 5.69 Å². The van der Waals surface area contributed by atoms with E-state index in [4.69, 9.17) is 17.3 Å². The molecule has 0 atom stereocenters. The summed E-state index contributed by atoms with van der Waals surface area (Å²) in [5, 5.41) is 0.688. The number of anilines is 1. The average Bonchev–Trinajstić information content (AvgIpc) is 2.96. The van der Waals surface area contributed by atoms with Gasteiger partial charge in [-0.1, -0.05) is 29.8 Å². The first-order valence-corrected chi connectivity index (χ1v) is 7.90. The fraction of sp³-hybridized carbons (Fsp3) is 0.222. The van der Waals surface area contributed by atoms with Crippen LogP contribution in [0.1, 0.15) is 34.3 Å². The molecule has 2 N–H and O–H groups in total. The molecule has 3 rings (SSSR count). The van der Waals surface area contributed by atoms with Crippen molar-refractivity contribution in [2.45, 2.75) is 19.3 Å². The van der Waals surface area contributed by atoms with Gasteiger partial charge in [-0.05, 0) is 48.2 Å². The molecule has 2 aromatic rings. The molecule has 0 radical (unpaired) electrons. The van der Waals surface area contributed by atoms with E-state index in [0.29, 0.717) is 30.0 Å². The monoisotopic (exact) mass is 328 g/mol. The first kappa shape index (κ1) is 15.6. The summed E-state index contributed by atoms with van der Waals surface area (Å²) in [6.07, 6.45) is 2.04. The third-order valence-corrected chi connectivity index (χ3v) is 4.29. The van der Waals surface area contributed by atoms with Gasteiger partial charge in [0.1, 0.15) is 0 Å². The maximum atomic E-state index is 12.1. The summed E-state index contributed by atoms with van der Waals surface area (Å²) in [5.74, 6) is -0.403. The number of carbonyl (C=O) groups is 2. The van der Waals surface area contributed by atoms with Crippen LogP contribution in [-0.4, -0.2) is 18.4 Å². The standard InChI is InChI=1S/C18H17ClN2O2/c19-15-7-3-12(4-8-15)10-13-5-6-14(18(20)23)11-16(13)21-9-1-2-17(21)22/h3-8,11H,1-2,9-10H2,(H2,20,23). The first-order valence-electron chi connectivity index (χ1n) is 7.52. The van der Waals surface area contributed by atoms with Crippen LogP contribution in [0.5, 0.6) is 0 Å². The van der Waals surface area contributed by atoms with Crippen LogP contribution in [0, 0.1) is 0 Å². The second-order valence-electron chi connectivity index (χ2n) is 5.66. The van der Waals surface area contributed by atoms with Crippen molar-refractivity contribution in [1.82, 2.24) is 0 Å². The Morgan fingerprint density at radius 3 is 2.52 bits per heavy atom. The first-order chi connectivity index (χ1) is 11.0. The van der Waals surface area contributed by atoms with E-state index in [1.165, 1.54) is 0 Å². The molecule has 0 spiro atoms. The molecule has 23 heavy (non-hydrogen) atoms. The maximum Gasteiger partial charge on any atom is 0.248 e. The van der Waals surface area contributed by atoms with Crippen LogP contribution in [0.2, 0.25) is 5.02 Å². The van der Waals surface area contributed by atoms with Crippen LogP contribution in [0.15, 0.2) is 42.5 Å². The third-order valence-electron chi connectivity index (χ3n) is 4.04. The third kappa shape index (κ3) is 3.37. The SMILES string of the molecule is NC(=O)c1ccc(Cc2ccc(Cl)cc2)c(N2CCCC2=O)c1. The Morgan fingerprint density at radius 1 is 1.17 bits per heavy atom. The van der Waals surface area contributed by atoms with E-state index in [9.17, 15) is 9.59 Å². The molecule has 0 saturated carbocycles. The number of benzene rings is 2. The number of halogens is 1. The van der Waals surface area contributed by atoms with Crippen molar-refractivity contribution in [3.63, 3.8) is 0 Å². The molecule has 1 aliphatic heterocycles. The van der Waals surface area contributed by atoms with Crippen LogP contribution in [0.3, 0.4) is 0 Å². The number of carbonyl (C=O) groups excluding carboxylic acids is 2. The molecule has 2 aromatic carbocycles. The molecular weight excluding hydrogens is 312 g/mol. The van der Waals surface area contributed by atoms with E-state index in [2.05, 4.69) is 0 Å². The molecule has 5 heteroatoms. The second-order valence-corrected chi connectivity index (χ2v) is 6.10. The summed E-state index contributed by atoms with van der Waals surface area (Å²) in [4.78, 5) is 25.3. The molecule has 118 valence electrons. The largest absolute Gasteiger partial charge is 0.366 e. The minimum atomic E-state index is -0.490. The number of primary amides is 1. The van der Waals surface area contributed by atoms with Crippen molar-refractivity contribution >= 4 is 29.1 Å². The summed E-state index contributed by atoms with van der Waals surface area (Å²) >= 11 is 5.92. The van der Waals surface area contributed by atoms with Gasteiger partial charge >= 0.3 is 0 Å². The Balaban J connectivity index is 1.99. The molecule has 0 aromatic heterocycles. The Hall–Kier alpha value is -2.33. The normalized spacial score (nSPS) is 14.3. The van der Waals surface area contributed by atoms with Gasteiger partial charge in [0, 0.05) is 29.2 Å². The number of nitrogens with two attached hydrogens (primary N) is 1. The van der Waals surface area contributed by atoms with E-state index in [1.54, 1.807) is 17.0 Å². The Labute approximate surface area is 139 Å². The molecule has 1 saturated heterocycles. The molecule has 1 aliphatic rings. The number of hydrogen-bond acceptors (Lipinski definition) is 2. The highest BCUT2D eigenvalue weighted by molar-refractivity contribution is 6.30. The lowest BCUT2D eigenvalue weighted by Gasteiger charge is -2.20. The highest BCUT2D eigenvalue weighted by Gasteiger charge is 2.24. The summed E-state index contributed by atoms with van der Waals surface area (Å²) < 4.78 is 0. The molecule has 4 nitrogen and oxygen atoms in total. The summed E-state index contributed by atoms with van der Waals surface area (Å²) in [6, 6.07) is 12.9. The Bertz CT molecular complexity index is 756. The Kier molecular flexibility index (Phi) is 4.35. The zero-order valence-electron chi connectivity index (χ0n) is 12.6. The highest BCUT2D eigenvalue weighted by Crippen LogP contribution is 2.29. The molecular formula is C18H17ClN2O2. The fourth-order valence-corrected chi connectivity index (χ4v) is 2.97. The van der Waals surface area contributed by atoms with Gasteiger partial charge < -0.3 is 10.6 Å². The van der Waals surface area contributed by atoms with Crippen molar-refractivity contribution in [2.75, 3.05) is 11.4 Å². The summed E-state index contributed by atoms with van der Waals surface area (Å²) in [7, 11) is 0. The van der Waals surface area contributed by atoms with E-state index >= 15 is 0 Å². The van der Waals surface area contributed by atoms with Crippen molar-refractivity contribution in [3.05, 3.63) is 64.2 Å². The van der Waals surface area contributed by atoms with Gasteiger partial charge in [-0.15, -0.1) is 0 Å². The molecule has 0 aliphatic carbocycles. The summed E-state index contributed by atoms with van der Waals surface area (Å²) in [5.41, 5.74) is 8.66. The van der Waals surface area contributed by atoms with Crippen LogP contribution in [-0.2, 0) is 11.2 Å². The number of rotatable bonds is 4. The molecule has 2 amide bonds. The predicted molar refractivity (Wildman–Crippen MR) is 90.8 cm³/mol. The van der Waals surface area contributed by atoms with Gasteiger partial charge in [-0.25, -0.2) is 0 Å². The topological polar surface area (TPSA) is 63.4 Å². The lowest BCUT2D eigenvalue weighted by molar-refractivity contribution is -0.117. The molecule has 0 unspecified atom stereocenters. The van der Waals surface area contributed by atoms with Crippen LogP contribution in [0.25, 0.3) is 0 Å². The number of amides is 2. The number of nitrogens with zero attached hydrogens (tertiary/aromatic N) is 1. The van der Waals surface area contributed by atoms with E-state index in [0.717, 1.165) is 23.2 Å². The van der Waals surface area contributed by atoms with Gasteiger partial charge in [0.2, 0.25) is 11.8 Å². The predicted octanol–water partition coefficient (Wildman–Crippen LogP) is 3.16. The molecule has 1 heterocycles. The Morgan fingerprint density at radius 2 is 1.91 bits per heavy atom. The molecule has 1 fully saturated rings. The van der Waals surface area contributed by atoms with Crippen molar-refractivity contribution in [3.8, 4) is 0 Å². The fourth-order valence-electron chi connectivity index (χ4n) is 2.84. The van der Waals surface area contributed by atoms with Crippen molar-refractivity contribution in [2.24, 2.45) is 5.73 Å². The average molecular weight is 329 g/mol.